The van der Waals surface area contributed by atoms with Crippen molar-refractivity contribution >= 4 is 11.9 Å². The average Bonchev–Trinajstić information content (AvgIpc) is 2.53. The van der Waals surface area contributed by atoms with Crippen LogP contribution in [0.2, 0.25) is 0 Å². The zero-order chi connectivity index (χ0) is 16.2. The molecule has 1 saturated carbocycles. The molecule has 2 fully saturated rings. The first-order valence-electron chi connectivity index (χ1n) is 8.36. The molecule has 0 aromatic carbocycles. The second-order valence-electron chi connectivity index (χ2n) is 6.46. The summed E-state index contributed by atoms with van der Waals surface area (Å²) in [7, 11) is 0. The molecular weight excluding hydrogens is 286 g/mol. The third-order valence-corrected chi connectivity index (χ3v) is 4.86. The Morgan fingerprint density at radius 3 is 2.32 bits per heavy atom. The molecular formula is C16H27NO5. The molecule has 2 N–H and O–H groups in total. The van der Waals surface area contributed by atoms with Gasteiger partial charge in [-0.05, 0) is 19.3 Å². The van der Waals surface area contributed by atoms with Crippen molar-refractivity contribution in [2.75, 3.05) is 13.1 Å². The fraction of sp³-hybridized carbons (Fsp3) is 0.875. The van der Waals surface area contributed by atoms with Gasteiger partial charge < -0.3 is 19.8 Å². The van der Waals surface area contributed by atoms with Crippen LogP contribution in [0.15, 0.2) is 0 Å². The number of ether oxygens (including phenoxy) is 1. The molecule has 0 bridgehead atoms. The third-order valence-electron chi connectivity index (χ3n) is 4.86. The summed E-state index contributed by atoms with van der Waals surface area (Å²) >= 11 is 0. The Labute approximate surface area is 131 Å². The summed E-state index contributed by atoms with van der Waals surface area (Å²) in [5, 5.41) is 19.0. The Bertz CT molecular complexity index is 397. The first-order chi connectivity index (χ1) is 10.5. The minimum Gasteiger partial charge on any atom is -0.479 e. The van der Waals surface area contributed by atoms with Crippen LogP contribution in [0.25, 0.3) is 0 Å². The SMILES string of the molecule is CCC(OC1CCCCC1)C(=O)N1CCC(O)(C(=O)O)CC1. The molecule has 0 spiro atoms. The highest BCUT2D eigenvalue weighted by Gasteiger charge is 2.41. The predicted molar refractivity (Wildman–Crippen MR) is 80.4 cm³/mol. The Balaban J connectivity index is 1.88. The molecule has 22 heavy (non-hydrogen) atoms. The molecule has 0 radical (unpaired) electrons. The Morgan fingerprint density at radius 2 is 1.82 bits per heavy atom. The number of hydrogen-bond donors (Lipinski definition) is 2. The van der Waals surface area contributed by atoms with Crippen molar-refractivity contribution in [3.8, 4) is 0 Å². The summed E-state index contributed by atoms with van der Waals surface area (Å²) in [6.45, 7) is 2.47. The maximum Gasteiger partial charge on any atom is 0.335 e. The standard InChI is InChI=1S/C16H27NO5/c1-2-13(22-12-6-4-3-5-7-12)14(18)17-10-8-16(21,9-11-17)15(19)20/h12-13,21H,2-11H2,1H3,(H,19,20). The van der Waals surface area contributed by atoms with E-state index in [1.165, 1.54) is 6.42 Å². The Morgan fingerprint density at radius 1 is 1.23 bits per heavy atom. The number of carbonyl (C=O) groups is 2. The van der Waals surface area contributed by atoms with E-state index in [9.17, 15) is 14.7 Å². The van der Waals surface area contributed by atoms with Crippen molar-refractivity contribution in [2.24, 2.45) is 0 Å². The Kier molecular flexibility index (Phi) is 5.81. The maximum absolute atomic E-state index is 12.6. The van der Waals surface area contributed by atoms with Crippen LogP contribution in [0.3, 0.4) is 0 Å². The number of rotatable bonds is 5. The average molecular weight is 313 g/mol. The molecule has 1 heterocycles. The normalized spacial score (nSPS) is 24.0. The van der Waals surface area contributed by atoms with Gasteiger partial charge in [-0.3, -0.25) is 4.79 Å². The highest BCUT2D eigenvalue weighted by Crippen LogP contribution is 2.26. The van der Waals surface area contributed by atoms with E-state index in [4.69, 9.17) is 9.84 Å². The molecule has 1 unspecified atom stereocenters. The summed E-state index contributed by atoms with van der Waals surface area (Å²) in [6, 6.07) is 0. The van der Waals surface area contributed by atoms with Crippen LogP contribution in [-0.4, -0.2) is 57.9 Å². The number of carbonyl (C=O) groups excluding carboxylic acids is 1. The maximum atomic E-state index is 12.6. The van der Waals surface area contributed by atoms with Gasteiger partial charge in [0.15, 0.2) is 5.60 Å². The van der Waals surface area contributed by atoms with E-state index in [0.29, 0.717) is 6.42 Å². The Hall–Kier alpha value is -1.14. The summed E-state index contributed by atoms with van der Waals surface area (Å²) in [5.74, 6) is -1.27. The molecule has 2 rings (SSSR count). The molecule has 2 aliphatic rings. The van der Waals surface area contributed by atoms with E-state index in [2.05, 4.69) is 0 Å². The number of amides is 1. The lowest BCUT2D eigenvalue weighted by Crippen LogP contribution is -2.53. The van der Waals surface area contributed by atoms with Crippen molar-refractivity contribution in [1.82, 2.24) is 4.90 Å². The summed E-state index contributed by atoms with van der Waals surface area (Å²) < 4.78 is 5.98. The van der Waals surface area contributed by atoms with E-state index in [1.807, 2.05) is 6.92 Å². The third kappa shape index (κ3) is 3.98. The summed E-state index contributed by atoms with van der Waals surface area (Å²) in [5.41, 5.74) is -1.69. The lowest BCUT2D eigenvalue weighted by molar-refractivity contribution is -0.168. The van der Waals surface area contributed by atoms with Crippen molar-refractivity contribution in [3.05, 3.63) is 0 Å². The van der Waals surface area contributed by atoms with E-state index in [0.717, 1.165) is 25.7 Å². The molecule has 0 aromatic heterocycles. The van der Waals surface area contributed by atoms with Crippen LogP contribution >= 0.6 is 0 Å². The monoisotopic (exact) mass is 313 g/mol. The molecule has 1 amide bonds. The van der Waals surface area contributed by atoms with E-state index in [-0.39, 0.29) is 37.9 Å². The van der Waals surface area contributed by atoms with Crippen molar-refractivity contribution in [2.45, 2.75) is 76.1 Å². The number of aliphatic carboxylic acids is 1. The van der Waals surface area contributed by atoms with Gasteiger partial charge in [-0.15, -0.1) is 0 Å². The van der Waals surface area contributed by atoms with Gasteiger partial charge in [-0.25, -0.2) is 4.79 Å². The van der Waals surface area contributed by atoms with Crippen molar-refractivity contribution in [1.29, 1.82) is 0 Å². The van der Waals surface area contributed by atoms with E-state index in [1.54, 1.807) is 4.90 Å². The first-order valence-corrected chi connectivity index (χ1v) is 8.36. The van der Waals surface area contributed by atoms with Gasteiger partial charge in [-0.2, -0.15) is 0 Å². The van der Waals surface area contributed by atoms with Crippen LogP contribution < -0.4 is 0 Å². The summed E-state index contributed by atoms with van der Waals surface area (Å²) in [6.07, 6.45) is 6.09. The van der Waals surface area contributed by atoms with Crippen molar-refractivity contribution in [3.63, 3.8) is 0 Å². The number of carboxylic acids is 1. The largest absolute Gasteiger partial charge is 0.479 e. The van der Waals surface area contributed by atoms with Gasteiger partial charge in [0, 0.05) is 25.9 Å². The van der Waals surface area contributed by atoms with Gasteiger partial charge in [0.05, 0.1) is 6.10 Å². The first kappa shape index (κ1) is 17.2. The lowest BCUT2D eigenvalue weighted by atomic mass is 9.91. The molecule has 1 aliphatic heterocycles. The summed E-state index contributed by atoms with van der Waals surface area (Å²) in [4.78, 5) is 25.2. The molecule has 0 aromatic rings. The lowest BCUT2D eigenvalue weighted by Gasteiger charge is -2.37. The quantitative estimate of drug-likeness (QED) is 0.804. The molecule has 1 atom stereocenters. The fourth-order valence-corrected chi connectivity index (χ4v) is 3.28. The number of carboxylic acid groups (broad SMARTS) is 1. The van der Waals surface area contributed by atoms with Crippen LogP contribution in [0, 0.1) is 0 Å². The van der Waals surface area contributed by atoms with Crippen LogP contribution in [0.1, 0.15) is 58.3 Å². The molecule has 1 aliphatic carbocycles. The van der Waals surface area contributed by atoms with Gasteiger partial charge >= 0.3 is 5.97 Å². The number of aliphatic hydroxyl groups is 1. The smallest absolute Gasteiger partial charge is 0.335 e. The van der Waals surface area contributed by atoms with Crippen LogP contribution in [0.4, 0.5) is 0 Å². The number of hydrogen-bond acceptors (Lipinski definition) is 4. The molecule has 1 saturated heterocycles. The van der Waals surface area contributed by atoms with Crippen LogP contribution in [0.5, 0.6) is 0 Å². The fourth-order valence-electron chi connectivity index (χ4n) is 3.28. The highest BCUT2D eigenvalue weighted by atomic mass is 16.5. The molecule has 6 heteroatoms. The van der Waals surface area contributed by atoms with Crippen molar-refractivity contribution < 1.29 is 24.5 Å². The van der Waals surface area contributed by atoms with Gasteiger partial charge in [-0.1, -0.05) is 26.2 Å². The second-order valence-corrected chi connectivity index (χ2v) is 6.46. The minimum absolute atomic E-state index is 0.0690. The molecule has 126 valence electrons. The van der Waals surface area contributed by atoms with Gasteiger partial charge in [0.2, 0.25) is 0 Å². The number of likely N-dealkylation sites (tertiary alicyclic amines) is 1. The second kappa shape index (κ2) is 7.42. The highest BCUT2D eigenvalue weighted by molar-refractivity contribution is 5.82. The zero-order valence-electron chi connectivity index (χ0n) is 13.3. The van der Waals surface area contributed by atoms with Crippen LogP contribution in [-0.2, 0) is 14.3 Å². The van der Waals surface area contributed by atoms with Gasteiger partial charge in [0.25, 0.3) is 5.91 Å². The zero-order valence-corrected chi connectivity index (χ0v) is 13.3. The van der Waals surface area contributed by atoms with E-state index < -0.39 is 17.7 Å². The predicted octanol–water partition coefficient (Wildman–Crippen LogP) is 1.55. The number of nitrogens with zero attached hydrogens (tertiary/aromatic N) is 1. The van der Waals surface area contributed by atoms with Gasteiger partial charge in [0.1, 0.15) is 6.10 Å². The van der Waals surface area contributed by atoms with E-state index >= 15 is 0 Å². The molecule has 6 nitrogen and oxygen atoms in total. The minimum atomic E-state index is -1.69. The topological polar surface area (TPSA) is 87.1 Å². The number of piperidine rings is 1.